The number of hydrogen-bond acceptors (Lipinski definition) is 5. The van der Waals surface area contributed by atoms with Crippen molar-refractivity contribution in [3.63, 3.8) is 0 Å². The highest BCUT2D eigenvalue weighted by molar-refractivity contribution is 5.86. The van der Waals surface area contributed by atoms with Gasteiger partial charge in [-0.15, -0.1) is 0 Å². The molecule has 42 heavy (non-hydrogen) atoms. The molecule has 1 aliphatic heterocycles. The van der Waals surface area contributed by atoms with Crippen LogP contribution in [0.1, 0.15) is 70.8 Å². The van der Waals surface area contributed by atoms with Gasteiger partial charge in [0.25, 0.3) is 0 Å². The normalized spacial score (nSPS) is 16.2. The van der Waals surface area contributed by atoms with E-state index in [1.807, 2.05) is 44.1 Å². The van der Waals surface area contributed by atoms with Crippen LogP contribution in [0.25, 0.3) is 28.0 Å². The number of likely N-dealkylation sites (tertiary alicyclic amines) is 1. The van der Waals surface area contributed by atoms with Gasteiger partial charge < -0.3 is 25.3 Å². The van der Waals surface area contributed by atoms with Gasteiger partial charge in [0.1, 0.15) is 11.9 Å². The highest BCUT2D eigenvalue weighted by Gasteiger charge is 2.37. The topological polar surface area (TPSA) is 99.4 Å². The van der Waals surface area contributed by atoms with Crippen LogP contribution >= 0.6 is 0 Å². The van der Waals surface area contributed by atoms with Crippen LogP contribution in [0.2, 0.25) is 0 Å². The summed E-state index contributed by atoms with van der Waals surface area (Å²) in [5.74, 6) is 0.573. The van der Waals surface area contributed by atoms with E-state index in [1.165, 1.54) is 18.2 Å². The van der Waals surface area contributed by atoms with E-state index in [0.29, 0.717) is 6.54 Å². The summed E-state index contributed by atoms with van der Waals surface area (Å²) in [6.45, 7) is 8.64. The number of hydrogen-bond donors (Lipinski definition) is 3. The summed E-state index contributed by atoms with van der Waals surface area (Å²) in [6.07, 6.45) is 11.0. The molecule has 8 nitrogen and oxygen atoms in total. The van der Waals surface area contributed by atoms with Crippen LogP contribution < -0.4 is 10.6 Å². The minimum absolute atomic E-state index is 0.0742. The quantitative estimate of drug-likeness (QED) is 0.230. The first-order valence-electron chi connectivity index (χ1n) is 14.8. The van der Waals surface area contributed by atoms with E-state index in [2.05, 4.69) is 82.3 Å². The summed E-state index contributed by atoms with van der Waals surface area (Å²) in [4.78, 5) is 35.2. The summed E-state index contributed by atoms with van der Waals surface area (Å²) in [7, 11) is 1.30. The van der Waals surface area contributed by atoms with E-state index >= 15 is 0 Å². The lowest BCUT2D eigenvalue weighted by molar-refractivity contribution is -0.135. The first kappa shape index (κ1) is 30.6. The van der Waals surface area contributed by atoms with Crippen LogP contribution in [-0.4, -0.2) is 46.6 Å². The zero-order valence-corrected chi connectivity index (χ0v) is 25.3. The zero-order chi connectivity index (χ0) is 30.1. The van der Waals surface area contributed by atoms with Crippen LogP contribution in [-0.2, 0) is 9.53 Å². The number of rotatable bonds is 11. The third-order valence-electron chi connectivity index (χ3n) is 7.66. The van der Waals surface area contributed by atoms with Gasteiger partial charge in [0.15, 0.2) is 0 Å². The number of nitrogens with one attached hydrogen (secondary N) is 3. The smallest absolute Gasteiger partial charge is 0.407 e. The van der Waals surface area contributed by atoms with E-state index in [1.54, 1.807) is 0 Å². The Morgan fingerprint density at radius 3 is 2.38 bits per heavy atom. The highest BCUT2D eigenvalue weighted by Crippen LogP contribution is 2.33. The van der Waals surface area contributed by atoms with Gasteiger partial charge in [-0.25, -0.2) is 9.78 Å². The second kappa shape index (κ2) is 14.5. The number of aromatic nitrogens is 2. The SMILES string of the molecule is C/C=C/N/C=C(\CCC)c1ccc(-c2ccc(-c3cnc(C4CCCN4C(=O)C(NC(=O)OC)C(C)C)[nH]3)cc2)cc1. The van der Waals surface area contributed by atoms with Crippen LogP contribution in [0, 0.1) is 5.92 Å². The van der Waals surface area contributed by atoms with Crippen molar-refractivity contribution >= 4 is 17.6 Å². The molecule has 2 unspecified atom stereocenters. The molecule has 3 aromatic rings. The summed E-state index contributed by atoms with van der Waals surface area (Å²) in [5, 5.41) is 5.94. The van der Waals surface area contributed by atoms with Crippen LogP contribution in [0.5, 0.6) is 0 Å². The Balaban J connectivity index is 1.47. The molecule has 2 atom stereocenters. The average Bonchev–Trinajstić information content (AvgIpc) is 3.69. The molecule has 0 spiro atoms. The number of H-pyrrole nitrogens is 1. The van der Waals surface area contributed by atoms with Crippen molar-refractivity contribution in [2.24, 2.45) is 5.92 Å². The maximum atomic E-state index is 13.4. The molecule has 2 aromatic carbocycles. The number of benzene rings is 2. The Morgan fingerprint density at radius 1 is 1.10 bits per heavy atom. The number of carbonyl (C=O) groups excluding carboxylic acids is 2. The molecule has 0 aliphatic carbocycles. The van der Waals surface area contributed by atoms with Crippen molar-refractivity contribution in [3.05, 3.63) is 84.6 Å². The Hall–Kier alpha value is -4.33. The molecule has 1 aliphatic rings. The fourth-order valence-electron chi connectivity index (χ4n) is 5.38. The predicted molar refractivity (Wildman–Crippen MR) is 168 cm³/mol. The predicted octanol–water partition coefficient (Wildman–Crippen LogP) is 7.05. The maximum absolute atomic E-state index is 13.4. The number of allylic oxidation sites excluding steroid dienone is 2. The van der Waals surface area contributed by atoms with Crippen molar-refractivity contribution in [2.75, 3.05) is 13.7 Å². The van der Waals surface area contributed by atoms with Gasteiger partial charge in [0, 0.05) is 12.7 Å². The molecule has 0 radical (unpaired) electrons. The Labute approximate surface area is 249 Å². The van der Waals surface area contributed by atoms with Gasteiger partial charge in [0.2, 0.25) is 5.91 Å². The molecule has 1 fully saturated rings. The number of amides is 2. The fourth-order valence-corrected chi connectivity index (χ4v) is 5.38. The van der Waals surface area contributed by atoms with Crippen molar-refractivity contribution < 1.29 is 14.3 Å². The first-order chi connectivity index (χ1) is 20.4. The van der Waals surface area contributed by atoms with E-state index in [4.69, 9.17) is 4.74 Å². The third kappa shape index (κ3) is 7.29. The standard InChI is InChI=1S/C34H43N5O3/c1-6-9-28(21-35-19-7-2)26-13-11-24(12-14-26)25-15-17-27(18-16-25)29-22-36-32(37-29)30-10-8-20-39(30)33(40)31(23(3)4)38-34(41)42-5/h7,11-19,21-23,30-31,35H,6,8-10,20H2,1-5H3,(H,36,37)(H,38,41)/b19-7+,28-21+. The monoisotopic (exact) mass is 569 g/mol. The lowest BCUT2D eigenvalue weighted by Crippen LogP contribution is -2.51. The van der Waals surface area contributed by atoms with Crippen molar-refractivity contribution in [2.45, 2.75) is 65.5 Å². The number of carbonyl (C=O) groups is 2. The molecule has 1 aromatic heterocycles. The Bertz CT molecular complexity index is 1390. The molecular formula is C34H43N5O3. The number of imidazole rings is 1. The average molecular weight is 570 g/mol. The summed E-state index contributed by atoms with van der Waals surface area (Å²) >= 11 is 0. The minimum Gasteiger partial charge on any atom is -0.453 e. The van der Waals surface area contributed by atoms with E-state index < -0.39 is 12.1 Å². The minimum atomic E-state index is -0.654. The molecule has 0 bridgehead atoms. The van der Waals surface area contributed by atoms with Crippen LogP contribution in [0.3, 0.4) is 0 Å². The molecule has 2 amide bonds. The van der Waals surface area contributed by atoms with Crippen molar-refractivity contribution in [1.82, 2.24) is 25.5 Å². The van der Waals surface area contributed by atoms with Crippen LogP contribution in [0.4, 0.5) is 4.79 Å². The maximum Gasteiger partial charge on any atom is 0.407 e. The number of methoxy groups -OCH3 is 1. The van der Waals surface area contributed by atoms with E-state index in [0.717, 1.165) is 53.9 Å². The Morgan fingerprint density at radius 2 is 1.76 bits per heavy atom. The van der Waals surface area contributed by atoms with Gasteiger partial charge >= 0.3 is 6.09 Å². The molecule has 4 rings (SSSR count). The number of alkyl carbamates (subject to hydrolysis) is 1. The lowest BCUT2D eigenvalue weighted by Gasteiger charge is -2.30. The van der Waals surface area contributed by atoms with Crippen LogP contribution in [0.15, 0.2) is 73.2 Å². The number of aromatic amines is 1. The molecule has 1 saturated heterocycles. The van der Waals surface area contributed by atoms with Gasteiger partial charge in [-0.1, -0.05) is 81.8 Å². The number of ether oxygens (including phenoxy) is 1. The second-order valence-electron chi connectivity index (χ2n) is 11.0. The lowest BCUT2D eigenvalue weighted by atomic mass is 9.98. The van der Waals surface area contributed by atoms with Gasteiger partial charge in [-0.3, -0.25) is 4.79 Å². The van der Waals surface area contributed by atoms with E-state index in [9.17, 15) is 9.59 Å². The second-order valence-corrected chi connectivity index (χ2v) is 11.0. The zero-order valence-electron chi connectivity index (χ0n) is 25.3. The van der Waals surface area contributed by atoms with Gasteiger partial charge in [0.05, 0.1) is 25.0 Å². The molecule has 2 heterocycles. The summed E-state index contributed by atoms with van der Waals surface area (Å²) in [5.41, 5.74) is 6.74. The van der Waals surface area contributed by atoms with Crippen molar-refractivity contribution in [3.8, 4) is 22.4 Å². The number of nitrogens with zero attached hydrogens (tertiary/aromatic N) is 2. The van der Waals surface area contributed by atoms with Gasteiger partial charge in [-0.2, -0.15) is 0 Å². The molecule has 222 valence electrons. The summed E-state index contributed by atoms with van der Waals surface area (Å²) in [6, 6.07) is 16.3. The van der Waals surface area contributed by atoms with Crippen molar-refractivity contribution in [1.29, 1.82) is 0 Å². The van der Waals surface area contributed by atoms with E-state index in [-0.39, 0.29) is 17.9 Å². The fraction of sp³-hybridized carbons (Fsp3) is 0.382. The Kier molecular flexibility index (Phi) is 10.6. The summed E-state index contributed by atoms with van der Waals surface area (Å²) < 4.78 is 4.74. The molecule has 8 heteroatoms. The molecular weight excluding hydrogens is 526 g/mol. The van der Waals surface area contributed by atoms with Gasteiger partial charge in [-0.05, 0) is 66.1 Å². The largest absolute Gasteiger partial charge is 0.453 e. The third-order valence-corrected chi connectivity index (χ3v) is 7.66. The first-order valence-corrected chi connectivity index (χ1v) is 14.8. The highest BCUT2D eigenvalue weighted by atomic mass is 16.5. The molecule has 3 N–H and O–H groups in total. The molecule has 0 saturated carbocycles.